The van der Waals surface area contributed by atoms with Crippen molar-refractivity contribution in [2.24, 2.45) is 0 Å². The van der Waals surface area contributed by atoms with Crippen LogP contribution in [0.1, 0.15) is 12.6 Å². The van der Waals surface area contributed by atoms with Gasteiger partial charge in [-0.25, -0.2) is 0 Å². The lowest BCUT2D eigenvalue weighted by Gasteiger charge is -2.11. The first-order valence-electron chi connectivity index (χ1n) is 5.48. The minimum absolute atomic E-state index is 0.666. The number of hydrogen-bond acceptors (Lipinski definition) is 4. The molecule has 0 aliphatic heterocycles. The zero-order valence-electron chi connectivity index (χ0n) is 9.98. The minimum atomic E-state index is 0.666. The summed E-state index contributed by atoms with van der Waals surface area (Å²) in [7, 11) is 2.00. The molecule has 16 heavy (non-hydrogen) atoms. The first-order chi connectivity index (χ1) is 7.76. The predicted octanol–water partition coefficient (Wildman–Crippen LogP) is -0.0474. The summed E-state index contributed by atoms with van der Waals surface area (Å²) in [5.74, 6) is 2.61. The average molecular weight is 221 g/mol. The summed E-state index contributed by atoms with van der Waals surface area (Å²) < 4.78 is 1.85. The van der Waals surface area contributed by atoms with Crippen LogP contribution in [0.3, 0.4) is 0 Å². The SMILES string of the molecule is C#CCN(C)CCn1cc(CNCC)nn1. The van der Waals surface area contributed by atoms with Crippen molar-refractivity contribution < 1.29 is 0 Å². The van der Waals surface area contributed by atoms with Crippen molar-refractivity contribution >= 4 is 0 Å². The van der Waals surface area contributed by atoms with E-state index in [1.54, 1.807) is 0 Å². The van der Waals surface area contributed by atoms with E-state index < -0.39 is 0 Å². The fraction of sp³-hybridized carbons (Fsp3) is 0.636. The lowest BCUT2D eigenvalue weighted by Crippen LogP contribution is -2.23. The second kappa shape index (κ2) is 6.99. The molecule has 1 aromatic heterocycles. The third-order valence-corrected chi connectivity index (χ3v) is 2.21. The molecule has 0 aromatic carbocycles. The fourth-order valence-corrected chi connectivity index (χ4v) is 1.29. The lowest BCUT2D eigenvalue weighted by atomic mass is 10.4. The largest absolute Gasteiger partial charge is 0.311 e. The van der Waals surface area contributed by atoms with Crippen molar-refractivity contribution in [3.63, 3.8) is 0 Å². The smallest absolute Gasteiger partial charge is 0.0964 e. The van der Waals surface area contributed by atoms with Crippen molar-refractivity contribution in [1.82, 2.24) is 25.2 Å². The topological polar surface area (TPSA) is 46.0 Å². The number of rotatable bonds is 7. The molecule has 0 amide bonds. The molecule has 1 rings (SSSR count). The summed E-state index contributed by atoms with van der Waals surface area (Å²) in [6, 6.07) is 0. The van der Waals surface area contributed by atoms with Crippen LogP contribution in [0.25, 0.3) is 0 Å². The summed E-state index contributed by atoms with van der Waals surface area (Å²) in [6.45, 7) is 6.15. The summed E-state index contributed by atoms with van der Waals surface area (Å²) in [5.41, 5.74) is 0.974. The molecule has 0 fully saturated rings. The Bertz CT molecular complexity index is 338. The highest BCUT2D eigenvalue weighted by Gasteiger charge is 2.01. The van der Waals surface area contributed by atoms with Crippen molar-refractivity contribution in [2.45, 2.75) is 20.0 Å². The van der Waals surface area contributed by atoms with Gasteiger partial charge < -0.3 is 5.32 Å². The summed E-state index contributed by atoms with van der Waals surface area (Å²) in [4.78, 5) is 2.08. The van der Waals surface area contributed by atoms with Crippen LogP contribution in [-0.2, 0) is 13.1 Å². The molecule has 88 valence electrons. The number of hydrogen-bond donors (Lipinski definition) is 1. The number of nitrogens with zero attached hydrogens (tertiary/aromatic N) is 4. The third kappa shape index (κ3) is 4.43. The van der Waals surface area contributed by atoms with E-state index in [1.807, 2.05) is 17.9 Å². The van der Waals surface area contributed by atoms with E-state index >= 15 is 0 Å². The summed E-state index contributed by atoms with van der Waals surface area (Å²) in [5, 5.41) is 11.3. The Labute approximate surface area is 96.8 Å². The van der Waals surface area contributed by atoms with Crippen LogP contribution in [0.5, 0.6) is 0 Å². The maximum absolute atomic E-state index is 5.22. The quantitative estimate of drug-likeness (QED) is 0.656. The van der Waals surface area contributed by atoms with E-state index in [9.17, 15) is 0 Å². The van der Waals surface area contributed by atoms with Crippen molar-refractivity contribution in [1.29, 1.82) is 0 Å². The molecule has 0 spiro atoms. The predicted molar refractivity (Wildman–Crippen MR) is 63.7 cm³/mol. The molecule has 5 nitrogen and oxygen atoms in total. The Balaban J connectivity index is 2.32. The molecule has 0 aliphatic carbocycles. The van der Waals surface area contributed by atoms with Gasteiger partial charge in [0, 0.05) is 19.3 Å². The number of nitrogens with one attached hydrogen (secondary N) is 1. The Morgan fingerprint density at radius 2 is 2.44 bits per heavy atom. The van der Waals surface area contributed by atoms with E-state index in [-0.39, 0.29) is 0 Å². The van der Waals surface area contributed by atoms with Crippen LogP contribution in [0.2, 0.25) is 0 Å². The normalized spacial score (nSPS) is 10.6. The lowest BCUT2D eigenvalue weighted by molar-refractivity contribution is 0.345. The van der Waals surface area contributed by atoms with Gasteiger partial charge in [-0.3, -0.25) is 9.58 Å². The number of likely N-dealkylation sites (N-methyl/N-ethyl adjacent to an activating group) is 1. The van der Waals surface area contributed by atoms with Gasteiger partial charge in [0.2, 0.25) is 0 Å². The number of terminal acetylenes is 1. The van der Waals surface area contributed by atoms with Gasteiger partial charge >= 0.3 is 0 Å². The molecular formula is C11H19N5. The minimum Gasteiger partial charge on any atom is -0.311 e. The Morgan fingerprint density at radius 3 is 3.12 bits per heavy atom. The molecule has 5 heteroatoms. The van der Waals surface area contributed by atoms with Gasteiger partial charge in [-0.2, -0.15) is 0 Å². The van der Waals surface area contributed by atoms with Gasteiger partial charge in [0.25, 0.3) is 0 Å². The van der Waals surface area contributed by atoms with Crippen LogP contribution in [0.4, 0.5) is 0 Å². The molecule has 0 aliphatic rings. The first-order valence-corrected chi connectivity index (χ1v) is 5.48. The third-order valence-electron chi connectivity index (χ3n) is 2.21. The van der Waals surface area contributed by atoms with Gasteiger partial charge in [-0.05, 0) is 13.6 Å². The Hall–Kier alpha value is -1.38. The standard InChI is InChI=1S/C11H19N5/c1-4-6-15(3)7-8-16-10-11(13-14-16)9-12-5-2/h1,10,12H,5-9H2,2-3H3. The average Bonchev–Trinajstić information content (AvgIpc) is 2.72. The van der Waals surface area contributed by atoms with Gasteiger partial charge in [-0.15, -0.1) is 11.5 Å². The molecule has 1 heterocycles. The van der Waals surface area contributed by atoms with Crippen molar-refractivity contribution in [3.05, 3.63) is 11.9 Å². The molecule has 0 saturated carbocycles. The molecule has 0 radical (unpaired) electrons. The second-order valence-corrected chi connectivity index (χ2v) is 3.70. The second-order valence-electron chi connectivity index (χ2n) is 3.70. The Morgan fingerprint density at radius 1 is 1.62 bits per heavy atom. The van der Waals surface area contributed by atoms with Gasteiger partial charge in [0.1, 0.15) is 0 Å². The Kier molecular flexibility index (Phi) is 5.54. The van der Waals surface area contributed by atoms with Crippen LogP contribution in [0, 0.1) is 12.3 Å². The molecule has 0 unspecified atom stereocenters. The van der Waals surface area contributed by atoms with Crippen LogP contribution >= 0.6 is 0 Å². The van der Waals surface area contributed by atoms with Gasteiger partial charge in [0.05, 0.1) is 18.8 Å². The van der Waals surface area contributed by atoms with E-state index in [1.165, 1.54) is 0 Å². The van der Waals surface area contributed by atoms with E-state index in [0.717, 1.165) is 31.9 Å². The molecule has 0 atom stereocenters. The first kappa shape index (κ1) is 12.7. The highest BCUT2D eigenvalue weighted by atomic mass is 15.4. The van der Waals surface area contributed by atoms with Crippen LogP contribution in [-0.4, -0.2) is 46.6 Å². The van der Waals surface area contributed by atoms with Gasteiger partial charge in [-0.1, -0.05) is 18.1 Å². The molecule has 1 N–H and O–H groups in total. The molecule has 0 saturated heterocycles. The zero-order valence-corrected chi connectivity index (χ0v) is 9.98. The van der Waals surface area contributed by atoms with Crippen LogP contribution < -0.4 is 5.32 Å². The maximum atomic E-state index is 5.22. The van der Waals surface area contributed by atoms with E-state index in [4.69, 9.17) is 6.42 Å². The number of aromatic nitrogens is 3. The van der Waals surface area contributed by atoms with E-state index in [0.29, 0.717) is 6.54 Å². The van der Waals surface area contributed by atoms with E-state index in [2.05, 4.69) is 33.4 Å². The van der Waals surface area contributed by atoms with Crippen molar-refractivity contribution in [3.8, 4) is 12.3 Å². The monoisotopic (exact) mass is 221 g/mol. The molecular weight excluding hydrogens is 202 g/mol. The summed E-state index contributed by atoms with van der Waals surface area (Å²) in [6.07, 6.45) is 7.19. The highest BCUT2D eigenvalue weighted by Crippen LogP contribution is 1.93. The summed E-state index contributed by atoms with van der Waals surface area (Å²) >= 11 is 0. The highest BCUT2D eigenvalue weighted by molar-refractivity contribution is 4.91. The zero-order chi connectivity index (χ0) is 11.8. The van der Waals surface area contributed by atoms with Gasteiger partial charge in [0.15, 0.2) is 0 Å². The maximum Gasteiger partial charge on any atom is 0.0964 e. The molecule has 1 aromatic rings. The van der Waals surface area contributed by atoms with Crippen molar-refractivity contribution in [2.75, 3.05) is 26.7 Å². The molecule has 0 bridgehead atoms. The van der Waals surface area contributed by atoms with Crippen LogP contribution in [0.15, 0.2) is 6.20 Å². The fourth-order valence-electron chi connectivity index (χ4n) is 1.29.